The molecule has 0 aliphatic carbocycles. The molecule has 166 valence electrons. The fourth-order valence-electron chi connectivity index (χ4n) is 3.88. The van der Waals surface area contributed by atoms with E-state index in [4.69, 9.17) is 23.2 Å². The van der Waals surface area contributed by atoms with Crippen LogP contribution in [0.25, 0.3) is 0 Å². The molecule has 1 saturated heterocycles. The van der Waals surface area contributed by atoms with E-state index in [0.717, 1.165) is 36.4 Å². The van der Waals surface area contributed by atoms with Gasteiger partial charge in [-0.2, -0.15) is 0 Å². The molecule has 0 radical (unpaired) electrons. The van der Waals surface area contributed by atoms with Crippen molar-refractivity contribution < 1.29 is 14.4 Å². The van der Waals surface area contributed by atoms with Gasteiger partial charge >= 0.3 is 0 Å². The summed E-state index contributed by atoms with van der Waals surface area (Å²) < 4.78 is 0. The first-order chi connectivity index (χ1) is 15.5. The van der Waals surface area contributed by atoms with Crippen LogP contribution in [0.15, 0.2) is 59.3 Å². The summed E-state index contributed by atoms with van der Waals surface area (Å²) in [4.78, 5) is 40.9. The van der Waals surface area contributed by atoms with Crippen LogP contribution in [0.4, 0.5) is 0 Å². The van der Waals surface area contributed by atoms with Gasteiger partial charge in [-0.05, 0) is 48.6 Å². The summed E-state index contributed by atoms with van der Waals surface area (Å²) in [6, 6.07) is 14.3. The summed E-state index contributed by atoms with van der Waals surface area (Å²) in [5, 5.41) is 3.31. The SMILES string of the molecule is O=C(c1ccc(CNC2=C(Cl)C(=O)N(Cc3ccccc3Cl)C2=O)cc1)N1CCCCC1. The lowest BCUT2D eigenvalue weighted by Crippen LogP contribution is -2.35. The van der Waals surface area contributed by atoms with Gasteiger partial charge in [0, 0.05) is 30.2 Å². The molecule has 1 N–H and O–H groups in total. The second-order valence-electron chi connectivity index (χ2n) is 7.88. The molecule has 8 heteroatoms. The lowest BCUT2D eigenvalue weighted by molar-refractivity contribution is -0.138. The van der Waals surface area contributed by atoms with Crippen molar-refractivity contribution in [1.29, 1.82) is 0 Å². The zero-order chi connectivity index (χ0) is 22.7. The Morgan fingerprint density at radius 2 is 1.59 bits per heavy atom. The number of carbonyl (C=O) groups excluding carboxylic acids is 3. The Morgan fingerprint density at radius 1 is 0.906 bits per heavy atom. The number of benzene rings is 2. The number of nitrogens with zero attached hydrogens (tertiary/aromatic N) is 2. The minimum Gasteiger partial charge on any atom is -0.375 e. The van der Waals surface area contributed by atoms with Crippen molar-refractivity contribution in [2.45, 2.75) is 32.4 Å². The van der Waals surface area contributed by atoms with Crippen LogP contribution in [0.2, 0.25) is 5.02 Å². The van der Waals surface area contributed by atoms with Crippen molar-refractivity contribution >= 4 is 40.9 Å². The van der Waals surface area contributed by atoms with Crippen LogP contribution in [-0.2, 0) is 22.7 Å². The Morgan fingerprint density at radius 3 is 2.28 bits per heavy atom. The lowest BCUT2D eigenvalue weighted by atomic mass is 10.1. The molecule has 0 aromatic heterocycles. The number of nitrogens with one attached hydrogen (secondary N) is 1. The predicted molar refractivity (Wildman–Crippen MR) is 123 cm³/mol. The molecular formula is C24H23Cl2N3O3. The van der Waals surface area contributed by atoms with Gasteiger partial charge < -0.3 is 10.2 Å². The molecule has 2 aliphatic rings. The molecule has 2 aromatic carbocycles. The van der Waals surface area contributed by atoms with Gasteiger partial charge in [0.05, 0.1) is 6.54 Å². The Bertz CT molecular complexity index is 1080. The largest absolute Gasteiger partial charge is 0.375 e. The summed E-state index contributed by atoms with van der Waals surface area (Å²) in [6.07, 6.45) is 3.26. The zero-order valence-corrected chi connectivity index (χ0v) is 19.0. The number of likely N-dealkylation sites (tertiary alicyclic amines) is 1. The standard InChI is InChI=1S/C24H23Cl2N3O3/c25-19-7-3-2-6-18(19)15-29-23(31)20(26)21(24(29)32)27-14-16-8-10-17(11-9-16)22(30)28-12-4-1-5-13-28/h2-3,6-11,27H,1,4-5,12-15H2. The third-order valence-electron chi connectivity index (χ3n) is 5.71. The molecule has 3 amide bonds. The second kappa shape index (κ2) is 9.76. The van der Waals surface area contributed by atoms with E-state index in [9.17, 15) is 14.4 Å². The first-order valence-electron chi connectivity index (χ1n) is 10.6. The van der Waals surface area contributed by atoms with Crippen LogP contribution >= 0.6 is 23.2 Å². The first-order valence-corrected chi connectivity index (χ1v) is 11.3. The third-order valence-corrected chi connectivity index (χ3v) is 6.43. The highest BCUT2D eigenvalue weighted by Gasteiger charge is 2.37. The molecule has 0 bridgehead atoms. The fraction of sp³-hybridized carbons (Fsp3) is 0.292. The minimum atomic E-state index is -0.554. The van der Waals surface area contributed by atoms with E-state index in [1.807, 2.05) is 17.0 Å². The van der Waals surface area contributed by atoms with Crippen LogP contribution in [0, 0.1) is 0 Å². The summed E-state index contributed by atoms with van der Waals surface area (Å²) in [5.74, 6) is -1.000. The van der Waals surface area contributed by atoms with Crippen LogP contribution in [0.5, 0.6) is 0 Å². The normalized spacial score (nSPS) is 16.7. The number of halogens is 2. The third kappa shape index (κ3) is 4.66. The number of amides is 3. The van der Waals surface area contributed by atoms with E-state index in [1.165, 1.54) is 6.42 Å². The second-order valence-corrected chi connectivity index (χ2v) is 8.67. The minimum absolute atomic E-state index is 0.0433. The number of hydrogen-bond acceptors (Lipinski definition) is 4. The van der Waals surface area contributed by atoms with Crippen molar-refractivity contribution in [2.75, 3.05) is 13.1 Å². The molecule has 2 aliphatic heterocycles. The molecule has 1 fully saturated rings. The maximum Gasteiger partial charge on any atom is 0.278 e. The van der Waals surface area contributed by atoms with Gasteiger partial charge in [-0.25, -0.2) is 0 Å². The maximum absolute atomic E-state index is 12.8. The molecule has 2 aromatic rings. The molecular weight excluding hydrogens is 449 g/mol. The van der Waals surface area contributed by atoms with Crippen LogP contribution in [-0.4, -0.2) is 40.6 Å². The highest BCUT2D eigenvalue weighted by molar-refractivity contribution is 6.47. The summed E-state index contributed by atoms with van der Waals surface area (Å²) >= 11 is 12.3. The number of hydrogen-bond donors (Lipinski definition) is 1. The van der Waals surface area contributed by atoms with Crippen molar-refractivity contribution in [3.8, 4) is 0 Å². The Hall–Kier alpha value is -2.83. The Labute approximate surface area is 196 Å². The van der Waals surface area contributed by atoms with Crippen LogP contribution in [0.1, 0.15) is 40.7 Å². The highest BCUT2D eigenvalue weighted by Crippen LogP contribution is 2.26. The van der Waals surface area contributed by atoms with E-state index in [1.54, 1.807) is 36.4 Å². The van der Waals surface area contributed by atoms with Crippen LogP contribution in [0.3, 0.4) is 0 Å². The van der Waals surface area contributed by atoms with Gasteiger partial charge in [-0.1, -0.05) is 53.5 Å². The smallest absolute Gasteiger partial charge is 0.278 e. The topological polar surface area (TPSA) is 69.7 Å². The van der Waals surface area contributed by atoms with E-state index >= 15 is 0 Å². The number of imide groups is 1. The van der Waals surface area contributed by atoms with Crippen molar-refractivity contribution in [3.63, 3.8) is 0 Å². The molecule has 0 unspecified atom stereocenters. The quantitative estimate of drug-likeness (QED) is 0.644. The van der Waals surface area contributed by atoms with Crippen molar-refractivity contribution in [3.05, 3.63) is 81.0 Å². The average Bonchev–Trinajstić information content (AvgIpc) is 3.02. The molecule has 2 heterocycles. The fourth-order valence-corrected chi connectivity index (χ4v) is 4.32. The first kappa shape index (κ1) is 22.4. The average molecular weight is 472 g/mol. The number of carbonyl (C=O) groups is 3. The summed E-state index contributed by atoms with van der Waals surface area (Å²) in [5.41, 5.74) is 2.24. The van der Waals surface area contributed by atoms with Gasteiger partial charge in [-0.15, -0.1) is 0 Å². The Balaban J connectivity index is 1.38. The lowest BCUT2D eigenvalue weighted by Gasteiger charge is -2.26. The van der Waals surface area contributed by atoms with Crippen LogP contribution < -0.4 is 5.32 Å². The van der Waals surface area contributed by atoms with Crippen molar-refractivity contribution in [1.82, 2.24) is 15.1 Å². The molecule has 0 atom stereocenters. The van der Waals surface area contributed by atoms with Gasteiger partial charge in [-0.3, -0.25) is 19.3 Å². The van der Waals surface area contributed by atoms with Gasteiger partial charge in [0.25, 0.3) is 17.7 Å². The Kier molecular flexibility index (Phi) is 6.82. The van der Waals surface area contributed by atoms with E-state index in [2.05, 4.69) is 5.32 Å². The molecule has 0 saturated carbocycles. The molecule has 32 heavy (non-hydrogen) atoms. The van der Waals surface area contributed by atoms with Gasteiger partial charge in [0.15, 0.2) is 0 Å². The van der Waals surface area contributed by atoms with E-state index in [0.29, 0.717) is 22.7 Å². The number of rotatable bonds is 6. The summed E-state index contributed by atoms with van der Waals surface area (Å²) in [7, 11) is 0. The van der Waals surface area contributed by atoms with E-state index < -0.39 is 11.8 Å². The molecule has 0 spiro atoms. The number of piperidine rings is 1. The summed E-state index contributed by atoms with van der Waals surface area (Å²) in [6.45, 7) is 1.94. The predicted octanol–water partition coefficient (Wildman–Crippen LogP) is 4.08. The molecule has 6 nitrogen and oxygen atoms in total. The molecule has 4 rings (SSSR count). The van der Waals surface area contributed by atoms with E-state index in [-0.39, 0.29) is 23.2 Å². The van der Waals surface area contributed by atoms with Gasteiger partial charge in [0.1, 0.15) is 10.7 Å². The zero-order valence-electron chi connectivity index (χ0n) is 17.4. The van der Waals surface area contributed by atoms with Gasteiger partial charge in [0.2, 0.25) is 0 Å². The van der Waals surface area contributed by atoms with Crippen molar-refractivity contribution in [2.24, 2.45) is 0 Å². The maximum atomic E-state index is 12.8. The highest BCUT2D eigenvalue weighted by atomic mass is 35.5. The monoisotopic (exact) mass is 471 g/mol.